The minimum absolute atomic E-state index is 0.0874. The summed E-state index contributed by atoms with van der Waals surface area (Å²) in [5.41, 5.74) is 11.1. The van der Waals surface area contributed by atoms with E-state index in [0.29, 0.717) is 18.5 Å². The van der Waals surface area contributed by atoms with Gasteiger partial charge in [-0.15, -0.1) is 0 Å². The first-order chi connectivity index (χ1) is 20.0. The Bertz CT molecular complexity index is 1410. The highest BCUT2D eigenvalue weighted by molar-refractivity contribution is 5.95. The molecule has 3 aromatic carbocycles. The van der Waals surface area contributed by atoms with Crippen molar-refractivity contribution < 1.29 is 29.0 Å². The average molecular weight is 573 g/mol. The summed E-state index contributed by atoms with van der Waals surface area (Å²) >= 11 is 0. The summed E-state index contributed by atoms with van der Waals surface area (Å²) < 4.78 is 5.42. The van der Waals surface area contributed by atoms with Crippen molar-refractivity contribution in [2.45, 2.75) is 38.6 Å². The van der Waals surface area contributed by atoms with E-state index in [1.807, 2.05) is 48.5 Å². The second-order valence-electron chi connectivity index (χ2n) is 11.1. The van der Waals surface area contributed by atoms with Crippen LogP contribution in [0, 0.1) is 5.41 Å². The molecule has 3 aromatic rings. The summed E-state index contributed by atoms with van der Waals surface area (Å²) in [7, 11) is 0. The van der Waals surface area contributed by atoms with E-state index in [9.17, 15) is 24.3 Å². The van der Waals surface area contributed by atoms with Gasteiger partial charge in [0.15, 0.2) is 0 Å². The molecule has 4 rings (SSSR count). The Labute approximate surface area is 244 Å². The number of hydrogen-bond donors (Lipinski definition) is 5. The fourth-order valence-corrected chi connectivity index (χ4v) is 5.09. The Hall–Kier alpha value is -4.70. The first-order valence-corrected chi connectivity index (χ1v) is 13.8. The SMILES string of the molecule is CC(C)(C[C@@H](N)Cc1ccc(NC(=O)CNC(=O)CNC(=O)OCC2c3ccccc3-c3ccccc32)cc1)C(=O)O. The number of hydrogen-bond acceptors (Lipinski definition) is 6. The minimum atomic E-state index is -0.914. The molecule has 1 atom stereocenters. The fourth-order valence-electron chi connectivity index (χ4n) is 5.09. The van der Waals surface area contributed by atoms with E-state index in [0.717, 1.165) is 27.8 Å². The van der Waals surface area contributed by atoms with Crippen molar-refractivity contribution in [2.75, 3.05) is 25.0 Å². The number of carboxylic acids is 1. The van der Waals surface area contributed by atoms with Crippen LogP contribution in [-0.2, 0) is 25.5 Å². The number of rotatable bonds is 12. The van der Waals surface area contributed by atoms with Crippen LogP contribution in [0.5, 0.6) is 0 Å². The second-order valence-corrected chi connectivity index (χ2v) is 11.1. The molecule has 0 saturated carbocycles. The van der Waals surface area contributed by atoms with Gasteiger partial charge in [0.2, 0.25) is 11.8 Å². The molecule has 0 saturated heterocycles. The molecular formula is C32H36N4O6. The molecular weight excluding hydrogens is 536 g/mol. The first kappa shape index (κ1) is 30.3. The normalized spacial score (nSPS) is 12.9. The summed E-state index contributed by atoms with van der Waals surface area (Å²) in [6.45, 7) is 2.81. The largest absolute Gasteiger partial charge is 0.481 e. The Morgan fingerprint density at radius 3 is 2.02 bits per heavy atom. The lowest BCUT2D eigenvalue weighted by Crippen LogP contribution is -2.40. The van der Waals surface area contributed by atoms with Gasteiger partial charge in [0.25, 0.3) is 0 Å². The van der Waals surface area contributed by atoms with Crippen molar-refractivity contribution in [3.63, 3.8) is 0 Å². The van der Waals surface area contributed by atoms with E-state index < -0.39 is 29.3 Å². The minimum Gasteiger partial charge on any atom is -0.481 e. The molecule has 0 fully saturated rings. The van der Waals surface area contributed by atoms with Crippen LogP contribution in [0.25, 0.3) is 11.1 Å². The Morgan fingerprint density at radius 1 is 0.857 bits per heavy atom. The van der Waals surface area contributed by atoms with Crippen molar-refractivity contribution in [2.24, 2.45) is 11.1 Å². The molecule has 220 valence electrons. The number of nitrogens with two attached hydrogens (primary N) is 1. The van der Waals surface area contributed by atoms with Crippen molar-refractivity contribution in [3.8, 4) is 11.1 Å². The lowest BCUT2D eigenvalue weighted by Gasteiger charge is -2.23. The van der Waals surface area contributed by atoms with Gasteiger partial charge < -0.3 is 31.5 Å². The molecule has 42 heavy (non-hydrogen) atoms. The summed E-state index contributed by atoms with van der Waals surface area (Å²) in [6.07, 6.45) is 0.108. The fraction of sp³-hybridized carbons (Fsp3) is 0.312. The van der Waals surface area contributed by atoms with Crippen LogP contribution in [0.2, 0.25) is 0 Å². The standard InChI is InChI=1S/C32H36N4O6/c1-32(2,30(39)40)16-21(33)15-20-11-13-22(14-12-20)36-29(38)18-34-28(37)17-35-31(41)42-19-27-25-9-5-3-7-23(25)24-8-4-6-10-26(24)27/h3-14,21,27H,15-19,33H2,1-2H3,(H,34,37)(H,35,41)(H,36,38)(H,39,40)/t21-/m0/s1. The molecule has 0 bridgehead atoms. The third-order valence-electron chi connectivity index (χ3n) is 7.27. The van der Waals surface area contributed by atoms with Gasteiger partial charge in [0, 0.05) is 17.6 Å². The molecule has 0 unspecified atom stereocenters. The topological polar surface area (TPSA) is 160 Å². The summed E-state index contributed by atoms with van der Waals surface area (Å²) in [4.78, 5) is 48.0. The summed E-state index contributed by atoms with van der Waals surface area (Å²) in [5.74, 6) is -1.95. The molecule has 0 spiro atoms. The lowest BCUT2D eigenvalue weighted by atomic mass is 9.84. The highest BCUT2D eigenvalue weighted by atomic mass is 16.5. The van der Waals surface area contributed by atoms with Gasteiger partial charge >= 0.3 is 12.1 Å². The van der Waals surface area contributed by atoms with Gasteiger partial charge in [0.05, 0.1) is 12.0 Å². The summed E-state index contributed by atoms with van der Waals surface area (Å²) in [5, 5.41) is 16.9. The lowest BCUT2D eigenvalue weighted by molar-refractivity contribution is -0.147. The van der Waals surface area contributed by atoms with Crippen molar-refractivity contribution in [1.29, 1.82) is 0 Å². The van der Waals surface area contributed by atoms with Crippen molar-refractivity contribution in [1.82, 2.24) is 10.6 Å². The predicted molar refractivity (Wildman–Crippen MR) is 159 cm³/mol. The van der Waals surface area contributed by atoms with E-state index in [4.69, 9.17) is 10.5 Å². The number of alkyl carbamates (subject to hydrolysis) is 1. The van der Waals surface area contributed by atoms with Gasteiger partial charge in [-0.25, -0.2) is 4.79 Å². The van der Waals surface area contributed by atoms with Crippen LogP contribution >= 0.6 is 0 Å². The van der Waals surface area contributed by atoms with Gasteiger partial charge in [-0.1, -0.05) is 60.7 Å². The van der Waals surface area contributed by atoms with Crippen LogP contribution in [-0.4, -0.2) is 54.7 Å². The van der Waals surface area contributed by atoms with Crippen molar-refractivity contribution in [3.05, 3.63) is 89.5 Å². The number of carboxylic acid groups (broad SMARTS) is 1. The highest BCUT2D eigenvalue weighted by Crippen LogP contribution is 2.44. The Kier molecular flexibility index (Phi) is 9.59. The highest BCUT2D eigenvalue weighted by Gasteiger charge is 2.30. The number of benzene rings is 3. The molecule has 1 aliphatic rings. The number of amides is 3. The predicted octanol–water partition coefficient (Wildman–Crippen LogP) is 3.65. The monoisotopic (exact) mass is 572 g/mol. The maximum absolute atomic E-state index is 12.3. The molecule has 10 nitrogen and oxygen atoms in total. The molecule has 0 radical (unpaired) electrons. The zero-order chi connectivity index (χ0) is 30.3. The number of nitrogens with one attached hydrogen (secondary N) is 3. The number of anilines is 1. The zero-order valence-electron chi connectivity index (χ0n) is 23.7. The van der Waals surface area contributed by atoms with Crippen LogP contribution in [0.15, 0.2) is 72.8 Å². The number of aliphatic carboxylic acids is 1. The van der Waals surface area contributed by atoms with E-state index >= 15 is 0 Å². The van der Waals surface area contributed by atoms with Crippen LogP contribution < -0.4 is 21.7 Å². The maximum Gasteiger partial charge on any atom is 0.407 e. The molecule has 0 aromatic heterocycles. The summed E-state index contributed by atoms with van der Waals surface area (Å²) in [6, 6.07) is 22.7. The zero-order valence-corrected chi connectivity index (χ0v) is 23.7. The van der Waals surface area contributed by atoms with Gasteiger partial charge in [-0.2, -0.15) is 0 Å². The second kappa shape index (κ2) is 13.3. The molecule has 6 N–H and O–H groups in total. The average Bonchev–Trinajstić information content (AvgIpc) is 3.28. The number of carbonyl (C=O) groups is 4. The number of fused-ring (bicyclic) bond motifs is 3. The molecule has 0 aliphatic heterocycles. The molecule has 1 aliphatic carbocycles. The van der Waals surface area contributed by atoms with E-state index in [1.165, 1.54) is 0 Å². The van der Waals surface area contributed by atoms with Gasteiger partial charge in [-0.05, 0) is 66.6 Å². The number of ether oxygens (including phenoxy) is 1. The van der Waals surface area contributed by atoms with Gasteiger partial charge in [0.1, 0.15) is 13.2 Å². The van der Waals surface area contributed by atoms with E-state index in [1.54, 1.807) is 38.1 Å². The smallest absolute Gasteiger partial charge is 0.407 e. The van der Waals surface area contributed by atoms with Crippen LogP contribution in [0.1, 0.15) is 42.9 Å². The van der Waals surface area contributed by atoms with Crippen molar-refractivity contribution >= 4 is 29.6 Å². The third kappa shape index (κ3) is 7.73. The third-order valence-corrected chi connectivity index (χ3v) is 7.27. The Morgan fingerprint density at radius 2 is 1.43 bits per heavy atom. The molecule has 0 heterocycles. The molecule has 3 amide bonds. The first-order valence-electron chi connectivity index (χ1n) is 13.8. The quantitative estimate of drug-likeness (QED) is 0.221. The van der Waals surface area contributed by atoms with E-state index in [-0.39, 0.29) is 31.7 Å². The Balaban J connectivity index is 1.15. The van der Waals surface area contributed by atoms with Crippen LogP contribution in [0.3, 0.4) is 0 Å². The number of carbonyl (C=O) groups excluding carboxylic acids is 3. The van der Waals surface area contributed by atoms with Crippen LogP contribution in [0.4, 0.5) is 10.5 Å². The maximum atomic E-state index is 12.3. The van der Waals surface area contributed by atoms with E-state index in [2.05, 4.69) is 16.0 Å². The van der Waals surface area contributed by atoms with Gasteiger partial charge in [-0.3, -0.25) is 14.4 Å². The molecule has 10 heteroatoms.